The first-order valence-electron chi connectivity index (χ1n) is 12.1. The molecule has 0 saturated heterocycles. The van der Waals surface area contributed by atoms with Crippen molar-refractivity contribution in [2.45, 2.75) is 57.2 Å². The van der Waals surface area contributed by atoms with Gasteiger partial charge in [0.2, 0.25) is 5.91 Å². The van der Waals surface area contributed by atoms with E-state index in [1.807, 2.05) is 71.8 Å². The minimum Gasteiger partial charge on any atom is -0.494 e. The normalized spacial score (nSPS) is 20.3. The molecule has 5 nitrogen and oxygen atoms in total. The summed E-state index contributed by atoms with van der Waals surface area (Å²) in [4.78, 5) is 30.7. The Morgan fingerprint density at radius 2 is 1.82 bits per heavy atom. The number of thiophene rings is 1. The number of carbonyl (C=O) groups is 2. The number of carbonyl (C=O) groups excluding carboxylic acids is 2. The first kappa shape index (κ1) is 22.7. The molecule has 0 radical (unpaired) electrons. The molecule has 176 valence electrons. The highest BCUT2D eigenvalue weighted by atomic mass is 32.1. The monoisotopic (exact) mass is 474 g/mol. The van der Waals surface area contributed by atoms with Gasteiger partial charge in [-0.3, -0.25) is 9.59 Å². The van der Waals surface area contributed by atoms with Gasteiger partial charge in [0.05, 0.1) is 18.6 Å². The number of amides is 2. The van der Waals surface area contributed by atoms with E-state index in [4.69, 9.17) is 4.74 Å². The van der Waals surface area contributed by atoms with Gasteiger partial charge in [0, 0.05) is 28.6 Å². The second kappa shape index (κ2) is 10.0. The highest BCUT2D eigenvalue weighted by molar-refractivity contribution is 7.10. The van der Waals surface area contributed by atoms with Crippen molar-refractivity contribution in [1.82, 2.24) is 10.2 Å². The summed E-state index contributed by atoms with van der Waals surface area (Å²) < 4.78 is 5.75. The van der Waals surface area contributed by atoms with Gasteiger partial charge in [0.15, 0.2) is 0 Å². The van der Waals surface area contributed by atoms with Crippen LogP contribution in [0.1, 0.15) is 70.9 Å². The molecule has 1 aliphatic carbocycles. The zero-order valence-electron chi connectivity index (χ0n) is 19.4. The third-order valence-corrected chi connectivity index (χ3v) is 7.88. The number of fused-ring (bicyclic) bond motifs is 1. The number of hydrogen-bond acceptors (Lipinski definition) is 4. The summed E-state index contributed by atoms with van der Waals surface area (Å²) >= 11 is 1.62. The summed E-state index contributed by atoms with van der Waals surface area (Å²) in [7, 11) is 0. The smallest absolute Gasteiger partial charge is 0.254 e. The molecule has 1 fully saturated rings. The zero-order valence-corrected chi connectivity index (χ0v) is 20.2. The number of nitrogens with zero attached hydrogens (tertiary/aromatic N) is 1. The maximum Gasteiger partial charge on any atom is 0.254 e. The van der Waals surface area contributed by atoms with Crippen molar-refractivity contribution in [2.75, 3.05) is 6.61 Å². The van der Waals surface area contributed by atoms with Crippen LogP contribution in [0.4, 0.5) is 0 Å². The van der Waals surface area contributed by atoms with Crippen molar-refractivity contribution in [1.29, 1.82) is 0 Å². The standard InChI is InChI=1S/C28H30N2O3S/c1-2-33-23-15-8-3-10-19(23)18-29-27(31)25-21-13-6-7-14-22(21)28(32)30(20-11-4-5-12-20)26(25)24-16-9-17-34-24/h3,6-10,13-17,20,25-26H,2,4-5,11-12,18H2,1H3,(H,29,31). The molecule has 1 N–H and O–H groups in total. The van der Waals surface area contributed by atoms with Gasteiger partial charge < -0.3 is 15.0 Å². The summed E-state index contributed by atoms with van der Waals surface area (Å²) in [6.07, 6.45) is 4.23. The van der Waals surface area contributed by atoms with Crippen LogP contribution in [0.2, 0.25) is 0 Å². The highest BCUT2D eigenvalue weighted by Crippen LogP contribution is 2.47. The van der Waals surface area contributed by atoms with E-state index in [1.54, 1.807) is 11.3 Å². The Bertz CT molecular complexity index is 1150. The quantitative estimate of drug-likeness (QED) is 0.479. The fourth-order valence-electron chi connectivity index (χ4n) is 5.42. The summed E-state index contributed by atoms with van der Waals surface area (Å²) in [6.45, 7) is 2.90. The lowest BCUT2D eigenvalue weighted by molar-refractivity contribution is -0.124. The second-order valence-electron chi connectivity index (χ2n) is 8.93. The van der Waals surface area contributed by atoms with Gasteiger partial charge in [-0.15, -0.1) is 11.3 Å². The molecule has 2 aliphatic rings. The Morgan fingerprint density at radius 3 is 2.59 bits per heavy atom. The predicted octanol–water partition coefficient (Wildman–Crippen LogP) is 5.69. The Kier molecular flexibility index (Phi) is 6.68. The van der Waals surface area contributed by atoms with Crippen LogP contribution in [-0.2, 0) is 11.3 Å². The number of para-hydroxylation sites is 1. The molecule has 1 aromatic heterocycles. The van der Waals surface area contributed by atoms with Crippen molar-refractivity contribution >= 4 is 23.2 Å². The maximum atomic E-state index is 13.9. The molecule has 6 heteroatoms. The summed E-state index contributed by atoms with van der Waals surface area (Å²) in [5, 5.41) is 5.20. The molecule has 0 bridgehead atoms. The Balaban J connectivity index is 1.52. The van der Waals surface area contributed by atoms with Crippen LogP contribution in [0.3, 0.4) is 0 Å². The molecule has 2 aromatic carbocycles. The number of rotatable bonds is 7. The van der Waals surface area contributed by atoms with Crippen molar-refractivity contribution in [3.8, 4) is 5.75 Å². The summed E-state index contributed by atoms with van der Waals surface area (Å²) in [6, 6.07) is 19.4. The van der Waals surface area contributed by atoms with Crippen LogP contribution in [-0.4, -0.2) is 29.4 Å². The van der Waals surface area contributed by atoms with Crippen LogP contribution in [0.5, 0.6) is 5.75 Å². The molecule has 3 aromatic rings. The SMILES string of the molecule is CCOc1ccccc1CNC(=O)C1c2ccccc2C(=O)N(C2CCCC2)C1c1cccs1. The van der Waals surface area contributed by atoms with Crippen molar-refractivity contribution in [3.05, 3.63) is 87.6 Å². The topological polar surface area (TPSA) is 58.6 Å². The molecule has 2 amide bonds. The molecule has 2 unspecified atom stereocenters. The Labute approximate surface area is 204 Å². The number of hydrogen-bond donors (Lipinski definition) is 1. The fourth-order valence-corrected chi connectivity index (χ4v) is 6.28. The minimum absolute atomic E-state index is 0.0478. The van der Waals surface area contributed by atoms with Gasteiger partial charge >= 0.3 is 0 Å². The van der Waals surface area contributed by atoms with Gasteiger partial charge in [-0.25, -0.2) is 0 Å². The number of nitrogens with one attached hydrogen (secondary N) is 1. The van der Waals surface area contributed by atoms with E-state index in [2.05, 4.69) is 11.4 Å². The first-order valence-corrected chi connectivity index (χ1v) is 13.0. The molecular weight excluding hydrogens is 444 g/mol. The van der Waals surface area contributed by atoms with Crippen molar-refractivity contribution in [3.63, 3.8) is 0 Å². The fraction of sp³-hybridized carbons (Fsp3) is 0.357. The van der Waals surface area contributed by atoms with Crippen LogP contribution >= 0.6 is 11.3 Å². The molecule has 0 spiro atoms. The van der Waals surface area contributed by atoms with Gasteiger partial charge in [-0.05, 0) is 48.9 Å². The van der Waals surface area contributed by atoms with E-state index < -0.39 is 5.92 Å². The van der Waals surface area contributed by atoms with Crippen molar-refractivity contribution < 1.29 is 14.3 Å². The van der Waals surface area contributed by atoms with Gasteiger partial charge in [0.25, 0.3) is 5.91 Å². The molecule has 1 saturated carbocycles. The third-order valence-electron chi connectivity index (χ3n) is 6.94. The average Bonchev–Trinajstić information content (AvgIpc) is 3.58. The second-order valence-corrected chi connectivity index (χ2v) is 9.91. The Morgan fingerprint density at radius 1 is 1.06 bits per heavy atom. The van der Waals surface area contributed by atoms with Gasteiger partial charge in [-0.2, -0.15) is 0 Å². The highest BCUT2D eigenvalue weighted by Gasteiger charge is 2.47. The van der Waals surface area contributed by atoms with Crippen LogP contribution in [0.15, 0.2) is 66.0 Å². The maximum absolute atomic E-state index is 13.9. The molecular formula is C28H30N2O3S. The zero-order chi connectivity index (χ0) is 23.5. The summed E-state index contributed by atoms with van der Waals surface area (Å²) in [5.41, 5.74) is 2.41. The van der Waals surface area contributed by atoms with Gasteiger partial charge in [-0.1, -0.05) is 55.3 Å². The summed E-state index contributed by atoms with van der Waals surface area (Å²) in [5.74, 6) is 0.304. The predicted molar refractivity (Wildman–Crippen MR) is 134 cm³/mol. The molecule has 34 heavy (non-hydrogen) atoms. The lowest BCUT2D eigenvalue weighted by atomic mass is 9.80. The van der Waals surface area contributed by atoms with Crippen LogP contribution < -0.4 is 10.1 Å². The molecule has 1 aliphatic heterocycles. The van der Waals surface area contributed by atoms with E-state index in [0.29, 0.717) is 18.7 Å². The van der Waals surface area contributed by atoms with E-state index >= 15 is 0 Å². The lowest BCUT2D eigenvalue weighted by Crippen LogP contribution is -2.50. The van der Waals surface area contributed by atoms with E-state index in [0.717, 1.165) is 47.4 Å². The molecule has 5 rings (SSSR count). The van der Waals surface area contributed by atoms with Crippen molar-refractivity contribution in [2.24, 2.45) is 0 Å². The van der Waals surface area contributed by atoms with E-state index in [9.17, 15) is 9.59 Å². The minimum atomic E-state index is -0.465. The van der Waals surface area contributed by atoms with E-state index in [-0.39, 0.29) is 23.9 Å². The molecule has 2 atom stereocenters. The molecule has 2 heterocycles. The Hall–Kier alpha value is -3.12. The largest absolute Gasteiger partial charge is 0.494 e. The van der Waals surface area contributed by atoms with E-state index in [1.165, 1.54) is 0 Å². The van der Waals surface area contributed by atoms with Gasteiger partial charge in [0.1, 0.15) is 5.75 Å². The lowest BCUT2D eigenvalue weighted by Gasteiger charge is -2.44. The number of benzene rings is 2. The first-order chi connectivity index (χ1) is 16.7. The van der Waals surface area contributed by atoms with Crippen LogP contribution in [0, 0.1) is 0 Å². The third kappa shape index (κ3) is 4.23. The average molecular weight is 475 g/mol. The number of ether oxygens (including phenoxy) is 1. The van der Waals surface area contributed by atoms with Crippen LogP contribution in [0.25, 0.3) is 0 Å².